The molecule has 6 bridgehead atoms. The third-order valence-electron chi connectivity index (χ3n) is 21.7. The second-order valence-corrected chi connectivity index (χ2v) is 32.3. The number of benzene rings is 3. The van der Waals surface area contributed by atoms with E-state index in [1.165, 1.54) is 57.0 Å². The first-order valence-electron chi connectivity index (χ1n) is 42.3. The third kappa shape index (κ3) is 32.6. The number of aliphatic hydroxyl groups is 1. The second kappa shape index (κ2) is 51.6. The van der Waals surface area contributed by atoms with Gasteiger partial charge in [-0.1, -0.05) is 79.6 Å². The number of para-hydroxylation sites is 1. The lowest BCUT2D eigenvalue weighted by Crippen LogP contribution is -2.72. The Balaban J connectivity index is 0.748. The molecule has 39 heteroatoms. The standard InChI is InChI=1S/C87H129ClN14O24/c1-57(2)78(96-73(104)30-35-117-37-39-119-41-43-121-45-46-122-44-42-120-40-38-118-36-32-91-74(105)53-93-72(103)29-34-102-64(54-99(9)90-7)50-62-20-14-15-22-66(62)102)80(109)95-65(21-17-31-92-82(89)111)79(108)94-63-27-25-60(26-28-63)55-123-84(113)98(8)33-18-24-75(106)100(10)59(4)81(110)124-70-51-76(107)101(11)67-48-61(49-68(115-12)77(67)88)47-58(3)19-16-23-69(116-13)87(114)52-71(125-83(112)97-87)86(6)56-85(70,5)126-86/h14-16,19-20,22-23,25-28,48-50,57,59,65,69-71,78,90,114H,17-18,21,24,29-47,51-56H2,1-13H3,(H,91,105)(H,93,103)(H,94,108)(H,95,109)(H,96,104)(H,97,112)(H3,89,92,111)/b23-16+,58-19+/t59-,65-,69+,70-,71-,78-,85+,86+,87-/m0/s1. The van der Waals surface area contributed by atoms with Gasteiger partial charge in [0, 0.05) is 110 Å². The minimum Gasteiger partial charge on any atom is -0.495 e. The Morgan fingerprint density at radius 1 is 0.754 bits per heavy atom. The van der Waals surface area contributed by atoms with E-state index in [4.69, 9.17) is 74.2 Å². The number of primary amides is 1. The zero-order valence-corrected chi connectivity index (χ0v) is 75.4. The topological polar surface area (TPSA) is 459 Å². The highest BCUT2D eigenvalue weighted by Gasteiger charge is 2.63. The zero-order chi connectivity index (χ0) is 92.1. The highest BCUT2D eigenvalue weighted by Crippen LogP contribution is 2.51. The van der Waals surface area contributed by atoms with Crippen LogP contribution in [0.4, 0.5) is 25.8 Å². The van der Waals surface area contributed by atoms with Gasteiger partial charge in [0.15, 0.2) is 5.72 Å². The van der Waals surface area contributed by atoms with Crippen molar-refractivity contribution in [3.63, 3.8) is 0 Å². The fourth-order valence-electron chi connectivity index (χ4n) is 14.4. The number of methoxy groups -OCH3 is 2. The minimum absolute atomic E-state index is 0.0400. The monoisotopic (exact) mass is 1790 g/mol. The van der Waals surface area contributed by atoms with E-state index in [1.54, 1.807) is 76.2 Å². The first-order valence-corrected chi connectivity index (χ1v) is 42.7. The number of hydrogen-bond acceptors (Lipinski definition) is 26. The van der Waals surface area contributed by atoms with Crippen LogP contribution in [-0.2, 0) is 117 Å². The summed E-state index contributed by atoms with van der Waals surface area (Å²) >= 11 is 6.86. The summed E-state index contributed by atoms with van der Waals surface area (Å²) in [4.78, 5) is 150. The number of aryl methyl sites for hydroxylation is 1. The van der Waals surface area contributed by atoms with Crippen molar-refractivity contribution in [3.05, 3.63) is 112 Å². The van der Waals surface area contributed by atoms with Gasteiger partial charge in [0.2, 0.25) is 41.4 Å². The van der Waals surface area contributed by atoms with Gasteiger partial charge < -0.3 is 119 Å². The van der Waals surface area contributed by atoms with Gasteiger partial charge in [-0.3, -0.25) is 44.3 Å². The van der Waals surface area contributed by atoms with E-state index in [1.807, 2.05) is 56.4 Å². The Labute approximate surface area is 741 Å². The van der Waals surface area contributed by atoms with E-state index < -0.39 is 119 Å². The molecule has 4 aliphatic heterocycles. The number of nitrogens with one attached hydrogen (secondary N) is 8. The third-order valence-corrected chi connectivity index (χ3v) is 22.1. The highest BCUT2D eigenvalue weighted by molar-refractivity contribution is 6.35. The van der Waals surface area contributed by atoms with Gasteiger partial charge in [-0.2, -0.15) is 0 Å². The molecule has 11 N–H and O–H groups in total. The number of halogens is 1. The van der Waals surface area contributed by atoms with E-state index in [0.29, 0.717) is 95.1 Å². The van der Waals surface area contributed by atoms with Crippen LogP contribution in [0, 0.1) is 5.92 Å². The maximum atomic E-state index is 14.5. The van der Waals surface area contributed by atoms with Gasteiger partial charge in [-0.25, -0.2) is 24.2 Å². The van der Waals surface area contributed by atoms with Gasteiger partial charge in [0.25, 0.3) is 0 Å². The normalized spacial score (nSPS) is 20.2. The first kappa shape index (κ1) is 103. The van der Waals surface area contributed by atoms with Crippen molar-refractivity contribution in [2.75, 3.05) is 165 Å². The van der Waals surface area contributed by atoms with Crippen LogP contribution >= 0.6 is 11.6 Å². The van der Waals surface area contributed by atoms with Gasteiger partial charge in [0.05, 0.1) is 112 Å². The van der Waals surface area contributed by atoms with Crippen molar-refractivity contribution in [2.45, 2.75) is 179 Å². The van der Waals surface area contributed by atoms with E-state index in [9.17, 15) is 57.8 Å². The number of fused-ring (bicyclic) bond motifs is 7. The van der Waals surface area contributed by atoms with Gasteiger partial charge >= 0.3 is 24.2 Å². The number of nitrogens with two attached hydrogens (primary N) is 1. The van der Waals surface area contributed by atoms with Crippen LogP contribution in [0.25, 0.3) is 10.9 Å². The number of hydrazine groups is 1. The molecular weight excluding hydrogens is 1660 g/mol. The quantitative estimate of drug-likeness (QED) is 0.0120. The number of alkyl carbamates (subject to hydrolysis) is 1. The number of carbonyl (C=O) groups is 11. The zero-order valence-electron chi connectivity index (χ0n) is 74.7. The molecule has 8 rings (SSSR count). The number of urea groups is 1. The molecule has 2 fully saturated rings. The van der Waals surface area contributed by atoms with Crippen LogP contribution in [0.15, 0.2) is 90.5 Å². The van der Waals surface area contributed by atoms with Crippen molar-refractivity contribution in [2.24, 2.45) is 11.7 Å². The number of allylic oxidation sites excluding steroid dienone is 3. The van der Waals surface area contributed by atoms with Crippen molar-refractivity contribution in [3.8, 4) is 5.75 Å². The lowest BCUT2D eigenvalue weighted by atomic mass is 9.72. The maximum absolute atomic E-state index is 14.5. The van der Waals surface area contributed by atoms with E-state index in [0.717, 1.165) is 27.7 Å². The summed E-state index contributed by atoms with van der Waals surface area (Å²) in [6, 6.07) is 15.9. The van der Waals surface area contributed by atoms with Crippen molar-refractivity contribution in [1.82, 2.24) is 56.7 Å². The fourth-order valence-corrected chi connectivity index (χ4v) is 14.7. The lowest BCUT2D eigenvalue weighted by molar-refractivity contribution is -0.328. The molecule has 0 spiro atoms. The number of esters is 1. The molecule has 4 aromatic rings. The maximum Gasteiger partial charge on any atom is 0.409 e. The molecule has 0 unspecified atom stereocenters. The van der Waals surface area contributed by atoms with Gasteiger partial charge in [-0.15, -0.1) is 0 Å². The summed E-state index contributed by atoms with van der Waals surface area (Å²) in [7, 11) is 11.1. The van der Waals surface area contributed by atoms with Crippen LogP contribution in [-0.4, -0.2) is 298 Å². The van der Waals surface area contributed by atoms with Crippen LogP contribution in [0.2, 0.25) is 5.02 Å². The molecule has 4 aliphatic rings. The Hall–Kier alpha value is -10.1. The number of rotatable bonds is 50. The van der Waals surface area contributed by atoms with E-state index >= 15 is 0 Å². The number of anilines is 2. The molecule has 3 aromatic carbocycles. The Morgan fingerprint density at radius 2 is 1.40 bits per heavy atom. The van der Waals surface area contributed by atoms with Crippen LogP contribution in [0.5, 0.6) is 5.75 Å². The molecular formula is C87H129ClN14O24. The Bertz CT molecular complexity index is 4320. The summed E-state index contributed by atoms with van der Waals surface area (Å²) in [6.07, 6.45) is 0.558. The average molecular weight is 1790 g/mol. The molecule has 0 saturated carbocycles. The predicted octanol–water partition coefficient (Wildman–Crippen LogP) is 5.05. The number of carbonyl (C=O) groups excluding carboxylic acids is 11. The summed E-state index contributed by atoms with van der Waals surface area (Å²) in [6.45, 7) is 14.9. The number of ether oxygens (including phenoxy) is 12. The van der Waals surface area contributed by atoms with Crippen molar-refractivity contribution < 1.29 is 115 Å². The smallest absolute Gasteiger partial charge is 0.409 e. The molecule has 2 saturated heterocycles. The molecule has 126 heavy (non-hydrogen) atoms. The van der Waals surface area contributed by atoms with Crippen molar-refractivity contribution >= 4 is 99.4 Å². The number of likely N-dealkylation sites (N-methyl/N-ethyl adjacent to an activating group) is 1. The van der Waals surface area contributed by atoms with Gasteiger partial charge in [0.1, 0.15) is 65.0 Å². The molecule has 11 amide bonds. The van der Waals surface area contributed by atoms with Crippen LogP contribution in [0.1, 0.15) is 116 Å². The van der Waals surface area contributed by atoms with Crippen LogP contribution in [0.3, 0.4) is 0 Å². The summed E-state index contributed by atoms with van der Waals surface area (Å²) in [5, 5.41) is 33.9. The average Bonchev–Trinajstić information content (AvgIpc) is 0.826. The summed E-state index contributed by atoms with van der Waals surface area (Å²) in [5.74, 6) is -4.14. The first-order chi connectivity index (χ1) is 60.1. The Kier molecular flexibility index (Phi) is 42.2. The van der Waals surface area contributed by atoms with E-state index in [-0.39, 0.29) is 127 Å². The largest absolute Gasteiger partial charge is 0.495 e. The predicted molar refractivity (Wildman–Crippen MR) is 466 cm³/mol. The second-order valence-electron chi connectivity index (χ2n) is 32.0. The van der Waals surface area contributed by atoms with Crippen LogP contribution < -0.4 is 58.0 Å². The molecule has 1 aromatic heterocycles. The number of aromatic nitrogens is 1. The molecule has 9 atom stereocenters. The van der Waals surface area contributed by atoms with E-state index in [2.05, 4.69) is 53.3 Å². The minimum atomic E-state index is -1.94. The van der Waals surface area contributed by atoms with Crippen molar-refractivity contribution in [1.29, 1.82) is 0 Å². The number of hydrogen-bond donors (Lipinski definition) is 10. The molecule has 0 radical (unpaired) electrons. The molecule has 5 heterocycles. The van der Waals surface area contributed by atoms with Gasteiger partial charge in [-0.05, 0) is 119 Å². The number of nitrogens with zero attached hydrogens (tertiary/aromatic N) is 5. The molecule has 0 aliphatic carbocycles. The fraction of sp³-hybridized carbons (Fsp3) is 0.598. The summed E-state index contributed by atoms with van der Waals surface area (Å²) < 4.78 is 70.9. The number of amides is 11. The molecule has 698 valence electrons. The SMILES string of the molecule is CNN(C)Cc1cc2ccccc2n1CCC(=O)NCC(=O)NCCOCCOCCOCCOCCOCCOCCC(=O)N[C@H](C(=O)N[C@@H](CCCNC(N)=O)C(=O)Nc1ccc(COC(=O)N(C)CCCC(=O)N(C)[C@@H](C)C(=O)O[C@H]2CC(=O)N(C)c3cc(cc(OC)c3Cl)C/C(C)=C/C=C/[C@@H](OC)[C@@]3(O)C[C@H](OC(=O)N3)[C@@]3(C)C[C@@]2(C)O3)cc1)C(C)C. The Morgan fingerprint density at radius 3 is 2.02 bits per heavy atom. The summed E-state index contributed by atoms with van der Waals surface area (Å²) in [5.41, 5.74) is 8.73. The lowest BCUT2D eigenvalue weighted by Gasteiger charge is -2.59. The highest BCUT2D eigenvalue weighted by atomic mass is 35.5. The molecule has 38 nitrogen and oxygen atoms in total.